The molecule has 37 atom stereocenters. The molecular formula is C56H92O28. The molecule has 4 saturated carbocycles. The van der Waals surface area contributed by atoms with Crippen LogP contribution >= 0.6 is 0 Å². The van der Waals surface area contributed by atoms with Crippen LogP contribution in [0.2, 0.25) is 0 Å². The molecule has 37 unspecified atom stereocenters. The summed E-state index contributed by atoms with van der Waals surface area (Å²) in [4.78, 5) is 0. The highest BCUT2D eigenvalue weighted by Gasteiger charge is 2.70. The fourth-order valence-corrected chi connectivity index (χ4v) is 17.4. The van der Waals surface area contributed by atoms with Gasteiger partial charge in [-0.1, -0.05) is 27.7 Å². The van der Waals surface area contributed by atoms with Crippen LogP contribution in [0.15, 0.2) is 0 Å². The highest BCUT2D eigenvalue weighted by atomic mass is 16.8. The van der Waals surface area contributed by atoms with Crippen LogP contribution in [-0.2, 0) is 56.8 Å². The SMILES string of the molecule is CC1CCC2(OC1)OC1CC3C4CCC5CC(OC6OC(CO)C(OC7OC(CO)C(O)C(OC8OC(CO)C(OC9OCC(O)C(O)C9O)C(O)C8O)C7OC7OC(CO)C(O)C(O)C7O)C(O)C6O)C(O)CC5(C)C4CCC3(C)C1C2C. The molecule has 0 radical (unpaired) electrons. The number of ether oxygens (including phenoxy) is 12. The molecule has 16 N–H and O–H groups in total. The van der Waals surface area contributed by atoms with E-state index in [-0.39, 0.29) is 28.8 Å². The minimum absolute atomic E-state index is 0.102. The van der Waals surface area contributed by atoms with Crippen LogP contribution in [0.4, 0.5) is 0 Å². The van der Waals surface area contributed by atoms with Crippen molar-refractivity contribution < 1.29 is 139 Å². The van der Waals surface area contributed by atoms with Crippen molar-refractivity contribution >= 4 is 0 Å². The first-order valence-electron chi connectivity index (χ1n) is 30.3. The number of rotatable bonds is 14. The van der Waals surface area contributed by atoms with Crippen molar-refractivity contribution in [2.24, 2.45) is 52.3 Å². The maximum Gasteiger partial charge on any atom is 0.187 e. The molecule has 0 amide bonds. The van der Waals surface area contributed by atoms with Crippen molar-refractivity contribution in [3.05, 3.63) is 0 Å². The van der Waals surface area contributed by atoms with E-state index in [9.17, 15) is 81.7 Å². The molecule has 11 aliphatic rings. The van der Waals surface area contributed by atoms with E-state index < -0.39 is 198 Å². The second-order valence-electron chi connectivity index (χ2n) is 26.8. The Morgan fingerprint density at radius 1 is 0.452 bits per heavy atom. The van der Waals surface area contributed by atoms with E-state index in [1.165, 1.54) is 0 Å². The first-order valence-corrected chi connectivity index (χ1v) is 30.3. The lowest BCUT2D eigenvalue weighted by Gasteiger charge is -2.62. The van der Waals surface area contributed by atoms with Gasteiger partial charge in [0.1, 0.15) is 116 Å². The summed E-state index contributed by atoms with van der Waals surface area (Å²) < 4.78 is 72.9. The summed E-state index contributed by atoms with van der Waals surface area (Å²) in [6.45, 7) is 5.79. The summed E-state index contributed by atoms with van der Waals surface area (Å²) in [5.74, 6) is 2.11. The van der Waals surface area contributed by atoms with Gasteiger partial charge in [0.15, 0.2) is 37.2 Å². The summed E-state index contributed by atoms with van der Waals surface area (Å²) in [6, 6.07) is 0. The highest BCUT2D eigenvalue weighted by molar-refractivity contribution is 5.16. The molecule has 0 aromatic rings. The van der Waals surface area contributed by atoms with Crippen LogP contribution in [0, 0.1) is 52.3 Å². The minimum Gasteiger partial charge on any atom is -0.394 e. The van der Waals surface area contributed by atoms with E-state index in [0.29, 0.717) is 42.4 Å². The minimum atomic E-state index is -2.17. The standard InChI is InChI=1S/C56H92O28/c1-20-7-10-56(74-18-20)21(2)34-29(84-56)12-25-23-6-5-22-11-28(26(61)13-55(22,4)24(23)8-9-54(25,34)3)75-50-43(71)39(67)46(33(17-60)78-50)81-53-48(83-51-42(70)38(66)36(64)30(14-57)76-51)47(37(65)31(15-58)77-53)82-52-44(72)40(68)45(32(16-59)79-52)80-49-41(69)35(63)27(62)19-73-49/h20-53,57-72H,5-19H2,1-4H3. The number of aliphatic hydroxyl groups excluding tert-OH is 16. The van der Waals surface area contributed by atoms with Gasteiger partial charge < -0.3 is 139 Å². The lowest BCUT2D eigenvalue weighted by molar-refractivity contribution is -0.410. The average Bonchev–Trinajstić information content (AvgIpc) is 1.54. The van der Waals surface area contributed by atoms with Crippen molar-refractivity contribution in [1.29, 1.82) is 0 Å². The molecule has 28 heteroatoms. The number of fused-ring (bicyclic) bond motifs is 7. The molecule has 4 aliphatic carbocycles. The number of hydrogen-bond acceptors (Lipinski definition) is 28. The molecule has 484 valence electrons. The fraction of sp³-hybridized carbons (Fsp3) is 1.00. The molecule has 0 aromatic heterocycles. The average molecular weight is 1210 g/mol. The second kappa shape index (κ2) is 25.2. The molecule has 11 rings (SSSR count). The van der Waals surface area contributed by atoms with Crippen LogP contribution < -0.4 is 0 Å². The van der Waals surface area contributed by atoms with Gasteiger partial charge in [-0.05, 0) is 97.7 Å². The maximum absolute atomic E-state index is 12.0. The van der Waals surface area contributed by atoms with Crippen molar-refractivity contribution in [3.8, 4) is 0 Å². The van der Waals surface area contributed by atoms with Crippen LogP contribution in [0.3, 0.4) is 0 Å². The molecule has 1 spiro atoms. The van der Waals surface area contributed by atoms with Crippen molar-refractivity contribution in [1.82, 2.24) is 0 Å². The Hall–Kier alpha value is -1.12. The molecule has 84 heavy (non-hydrogen) atoms. The predicted octanol–water partition coefficient (Wildman–Crippen LogP) is -5.48. The van der Waals surface area contributed by atoms with E-state index in [1.54, 1.807) is 0 Å². The van der Waals surface area contributed by atoms with Gasteiger partial charge in [-0.2, -0.15) is 0 Å². The van der Waals surface area contributed by atoms with Gasteiger partial charge in [0.2, 0.25) is 0 Å². The predicted molar refractivity (Wildman–Crippen MR) is 276 cm³/mol. The van der Waals surface area contributed by atoms with Gasteiger partial charge in [-0.3, -0.25) is 0 Å². The van der Waals surface area contributed by atoms with Crippen molar-refractivity contribution in [3.63, 3.8) is 0 Å². The Morgan fingerprint density at radius 3 is 1.62 bits per heavy atom. The van der Waals surface area contributed by atoms with E-state index >= 15 is 0 Å². The Kier molecular flexibility index (Phi) is 19.3. The number of aliphatic hydroxyl groups is 16. The zero-order chi connectivity index (χ0) is 60.2. The topological polar surface area (TPSA) is 434 Å². The summed E-state index contributed by atoms with van der Waals surface area (Å²) in [5, 5.41) is 176. The molecule has 7 aliphatic heterocycles. The van der Waals surface area contributed by atoms with Crippen LogP contribution in [0.5, 0.6) is 0 Å². The van der Waals surface area contributed by atoms with Gasteiger partial charge in [0.05, 0.1) is 58.0 Å². The quantitative estimate of drug-likeness (QED) is 0.0722. The van der Waals surface area contributed by atoms with Crippen molar-refractivity contribution in [2.75, 3.05) is 39.6 Å². The van der Waals surface area contributed by atoms with Gasteiger partial charge in [-0.25, -0.2) is 0 Å². The third-order valence-corrected chi connectivity index (χ3v) is 22.1. The molecular weight excluding hydrogens is 1120 g/mol. The largest absolute Gasteiger partial charge is 0.394 e. The normalized spacial score (nSPS) is 57.7. The van der Waals surface area contributed by atoms with E-state index in [2.05, 4.69) is 27.7 Å². The van der Waals surface area contributed by atoms with E-state index in [0.717, 1.165) is 51.6 Å². The number of hydrogen-bond donors (Lipinski definition) is 16. The zero-order valence-corrected chi connectivity index (χ0v) is 47.8. The Morgan fingerprint density at radius 2 is 1.00 bits per heavy atom. The fourth-order valence-electron chi connectivity index (χ4n) is 17.4. The van der Waals surface area contributed by atoms with Crippen LogP contribution in [0.1, 0.15) is 85.5 Å². The summed E-state index contributed by atoms with van der Waals surface area (Å²) in [5.41, 5.74) is -0.125. The molecule has 0 aromatic carbocycles. The molecule has 7 saturated heterocycles. The lowest BCUT2D eigenvalue weighted by Crippen LogP contribution is -2.69. The van der Waals surface area contributed by atoms with Crippen LogP contribution in [-0.4, -0.2) is 293 Å². The summed E-state index contributed by atoms with van der Waals surface area (Å²) in [7, 11) is 0. The lowest BCUT2D eigenvalue weighted by atomic mass is 9.44. The Labute approximate surface area is 486 Å². The Bertz CT molecular complexity index is 2180. The smallest absolute Gasteiger partial charge is 0.187 e. The molecule has 11 fully saturated rings. The third kappa shape index (κ3) is 11.2. The highest BCUT2D eigenvalue weighted by Crippen LogP contribution is 2.71. The molecule has 28 nitrogen and oxygen atoms in total. The maximum atomic E-state index is 12.0. The Balaban J connectivity index is 0.781. The third-order valence-electron chi connectivity index (χ3n) is 22.1. The first-order chi connectivity index (χ1) is 39.9. The first kappa shape index (κ1) is 64.4. The summed E-state index contributed by atoms with van der Waals surface area (Å²) >= 11 is 0. The second-order valence-corrected chi connectivity index (χ2v) is 26.8. The summed E-state index contributed by atoms with van der Waals surface area (Å²) in [6.07, 6.45) is -38.7. The van der Waals surface area contributed by atoms with E-state index in [4.69, 9.17) is 56.8 Å². The molecule has 0 bridgehead atoms. The van der Waals surface area contributed by atoms with Crippen molar-refractivity contribution in [2.45, 2.75) is 257 Å². The van der Waals surface area contributed by atoms with Crippen LogP contribution in [0.25, 0.3) is 0 Å². The molecule has 7 heterocycles. The van der Waals surface area contributed by atoms with E-state index in [1.807, 2.05) is 0 Å². The van der Waals surface area contributed by atoms with Gasteiger partial charge in [0, 0.05) is 12.3 Å². The zero-order valence-electron chi connectivity index (χ0n) is 47.8. The van der Waals surface area contributed by atoms with Gasteiger partial charge in [-0.15, -0.1) is 0 Å². The van der Waals surface area contributed by atoms with Gasteiger partial charge >= 0.3 is 0 Å². The monoisotopic (exact) mass is 1210 g/mol. The van der Waals surface area contributed by atoms with Gasteiger partial charge in [0.25, 0.3) is 0 Å².